The van der Waals surface area contributed by atoms with Gasteiger partial charge in [-0.1, -0.05) is 33.1 Å². The smallest absolute Gasteiger partial charge is 0.0223 e. The topological polar surface area (TPSA) is 18.5 Å². The fourth-order valence-electron chi connectivity index (χ4n) is 4.77. The number of hydrogen-bond donors (Lipinski definition) is 1. The summed E-state index contributed by atoms with van der Waals surface area (Å²) in [7, 11) is 0. The summed E-state index contributed by atoms with van der Waals surface area (Å²) in [5.74, 6) is 0. The zero-order chi connectivity index (χ0) is 14.7. The average molecular weight is 293 g/mol. The molecule has 0 aromatic carbocycles. The molecule has 0 amide bonds. The van der Waals surface area contributed by atoms with Gasteiger partial charge in [0, 0.05) is 44.8 Å². The summed E-state index contributed by atoms with van der Waals surface area (Å²) in [4.78, 5) is 5.56. The highest BCUT2D eigenvalue weighted by molar-refractivity contribution is 4.93. The quantitative estimate of drug-likeness (QED) is 0.841. The van der Waals surface area contributed by atoms with E-state index in [1.807, 2.05) is 0 Å². The Kier molecular flexibility index (Phi) is 5.23. The Balaban J connectivity index is 1.55. The van der Waals surface area contributed by atoms with E-state index in [1.54, 1.807) is 0 Å². The maximum atomic E-state index is 3.74. The first-order valence-corrected chi connectivity index (χ1v) is 9.37. The van der Waals surface area contributed by atoms with Gasteiger partial charge in [-0.2, -0.15) is 0 Å². The summed E-state index contributed by atoms with van der Waals surface area (Å²) in [5.41, 5.74) is 0.571. The van der Waals surface area contributed by atoms with Crippen molar-refractivity contribution in [2.45, 2.75) is 70.9 Å². The minimum atomic E-state index is 0.571. The number of piperazine rings is 1. The number of hydrogen-bond acceptors (Lipinski definition) is 3. The van der Waals surface area contributed by atoms with E-state index in [4.69, 9.17) is 0 Å². The number of rotatable bonds is 5. The third-order valence-corrected chi connectivity index (χ3v) is 6.03. The van der Waals surface area contributed by atoms with Gasteiger partial charge in [0.05, 0.1) is 0 Å². The molecule has 1 N–H and O–H groups in total. The van der Waals surface area contributed by atoms with E-state index in [2.05, 4.69) is 29.0 Å². The van der Waals surface area contributed by atoms with Crippen LogP contribution in [0, 0.1) is 5.41 Å². The predicted molar refractivity (Wildman–Crippen MR) is 89.7 cm³/mol. The highest BCUT2D eigenvalue weighted by atomic mass is 15.3. The Morgan fingerprint density at radius 3 is 2.62 bits per heavy atom. The molecule has 21 heavy (non-hydrogen) atoms. The van der Waals surface area contributed by atoms with Crippen molar-refractivity contribution in [1.82, 2.24) is 15.1 Å². The molecule has 3 aliphatic rings. The van der Waals surface area contributed by atoms with Crippen LogP contribution in [0.4, 0.5) is 0 Å². The zero-order valence-electron chi connectivity index (χ0n) is 14.2. The first-order valence-electron chi connectivity index (χ1n) is 9.37. The summed E-state index contributed by atoms with van der Waals surface area (Å²) < 4.78 is 0. The average Bonchev–Trinajstić information content (AvgIpc) is 2.94. The number of piperidine rings is 1. The monoisotopic (exact) mass is 293 g/mol. The van der Waals surface area contributed by atoms with Crippen molar-refractivity contribution in [1.29, 1.82) is 0 Å². The molecule has 122 valence electrons. The molecular formula is C18H35N3. The standard InChI is InChI=1S/C18H35N3/c1-16(2)19-14-18(8-4-5-9-18)15-20-11-12-21-10-6-3-7-17(21)13-20/h16-17,19H,3-15H2,1-2H3. The molecule has 0 aromatic rings. The Labute approximate surface area is 131 Å². The van der Waals surface area contributed by atoms with Crippen molar-refractivity contribution in [3.05, 3.63) is 0 Å². The normalized spacial score (nSPS) is 30.7. The highest BCUT2D eigenvalue weighted by Crippen LogP contribution is 2.39. The van der Waals surface area contributed by atoms with E-state index in [0.29, 0.717) is 11.5 Å². The van der Waals surface area contributed by atoms with Crippen LogP contribution < -0.4 is 5.32 Å². The summed E-state index contributed by atoms with van der Waals surface area (Å²) in [6, 6.07) is 1.49. The second-order valence-corrected chi connectivity index (χ2v) is 8.16. The maximum Gasteiger partial charge on any atom is 0.0223 e. The lowest BCUT2D eigenvalue weighted by Crippen LogP contribution is -2.57. The molecule has 1 atom stereocenters. The van der Waals surface area contributed by atoms with Gasteiger partial charge < -0.3 is 5.32 Å². The molecule has 3 heteroatoms. The SMILES string of the molecule is CC(C)NCC1(CN2CCN3CCCCC3C2)CCCC1. The second-order valence-electron chi connectivity index (χ2n) is 8.16. The van der Waals surface area contributed by atoms with Crippen LogP contribution in [0.25, 0.3) is 0 Å². The Morgan fingerprint density at radius 2 is 1.86 bits per heavy atom. The highest BCUT2D eigenvalue weighted by Gasteiger charge is 2.38. The Bertz CT molecular complexity index is 322. The lowest BCUT2D eigenvalue weighted by molar-refractivity contribution is 0.0260. The molecule has 1 aliphatic carbocycles. The van der Waals surface area contributed by atoms with Crippen molar-refractivity contribution in [3.8, 4) is 0 Å². The first-order chi connectivity index (χ1) is 10.2. The van der Waals surface area contributed by atoms with Crippen LogP contribution in [-0.4, -0.2) is 61.2 Å². The van der Waals surface area contributed by atoms with E-state index >= 15 is 0 Å². The lowest BCUT2D eigenvalue weighted by atomic mass is 9.84. The summed E-state index contributed by atoms with van der Waals surface area (Å²) in [6.07, 6.45) is 10.1. The summed E-state index contributed by atoms with van der Waals surface area (Å²) in [5, 5.41) is 3.74. The van der Waals surface area contributed by atoms with Crippen LogP contribution >= 0.6 is 0 Å². The van der Waals surface area contributed by atoms with Crippen LogP contribution in [0.1, 0.15) is 58.8 Å². The largest absolute Gasteiger partial charge is 0.314 e. The third-order valence-electron chi connectivity index (χ3n) is 6.03. The Hall–Kier alpha value is -0.120. The van der Waals surface area contributed by atoms with E-state index in [9.17, 15) is 0 Å². The molecule has 0 bridgehead atoms. The fourth-order valence-corrected chi connectivity index (χ4v) is 4.77. The van der Waals surface area contributed by atoms with Crippen LogP contribution in [0.3, 0.4) is 0 Å². The summed E-state index contributed by atoms with van der Waals surface area (Å²) in [6.45, 7) is 12.5. The van der Waals surface area contributed by atoms with E-state index in [0.717, 1.165) is 6.04 Å². The van der Waals surface area contributed by atoms with Crippen molar-refractivity contribution in [2.24, 2.45) is 5.41 Å². The molecule has 0 radical (unpaired) electrons. The number of fused-ring (bicyclic) bond motifs is 1. The molecule has 1 unspecified atom stereocenters. The molecule has 3 nitrogen and oxygen atoms in total. The number of nitrogens with zero attached hydrogens (tertiary/aromatic N) is 2. The molecule has 3 rings (SSSR count). The van der Waals surface area contributed by atoms with E-state index in [1.165, 1.54) is 84.2 Å². The minimum absolute atomic E-state index is 0.571. The zero-order valence-corrected chi connectivity index (χ0v) is 14.2. The predicted octanol–water partition coefficient (Wildman–Crippen LogP) is 2.71. The van der Waals surface area contributed by atoms with Gasteiger partial charge in [0.25, 0.3) is 0 Å². The number of nitrogens with one attached hydrogen (secondary N) is 1. The van der Waals surface area contributed by atoms with Gasteiger partial charge in [0.15, 0.2) is 0 Å². The second kappa shape index (κ2) is 6.97. The van der Waals surface area contributed by atoms with Gasteiger partial charge in [0.1, 0.15) is 0 Å². The minimum Gasteiger partial charge on any atom is -0.314 e. The van der Waals surface area contributed by atoms with Crippen molar-refractivity contribution < 1.29 is 0 Å². The van der Waals surface area contributed by atoms with Gasteiger partial charge in [-0.3, -0.25) is 9.80 Å². The van der Waals surface area contributed by atoms with Gasteiger partial charge in [-0.25, -0.2) is 0 Å². The lowest BCUT2D eigenvalue weighted by Gasteiger charge is -2.46. The molecule has 1 saturated carbocycles. The molecule has 2 saturated heterocycles. The molecule has 0 aromatic heterocycles. The van der Waals surface area contributed by atoms with E-state index in [-0.39, 0.29) is 0 Å². The molecular weight excluding hydrogens is 258 g/mol. The van der Waals surface area contributed by atoms with Gasteiger partial charge in [-0.15, -0.1) is 0 Å². The van der Waals surface area contributed by atoms with Crippen LogP contribution in [0.15, 0.2) is 0 Å². The first kappa shape index (κ1) is 15.8. The van der Waals surface area contributed by atoms with Crippen molar-refractivity contribution in [2.75, 3.05) is 39.3 Å². The van der Waals surface area contributed by atoms with Gasteiger partial charge in [0.2, 0.25) is 0 Å². The molecule has 2 heterocycles. The third kappa shape index (κ3) is 4.00. The maximum absolute atomic E-state index is 3.74. The summed E-state index contributed by atoms with van der Waals surface area (Å²) >= 11 is 0. The molecule has 2 aliphatic heterocycles. The molecule has 0 spiro atoms. The Morgan fingerprint density at radius 1 is 1.05 bits per heavy atom. The fraction of sp³-hybridized carbons (Fsp3) is 1.00. The molecule has 3 fully saturated rings. The van der Waals surface area contributed by atoms with E-state index < -0.39 is 0 Å². The van der Waals surface area contributed by atoms with Gasteiger partial charge in [-0.05, 0) is 37.6 Å². The van der Waals surface area contributed by atoms with Crippen LogP contribution in [0.5, 0.6) is 0 Å². The van der Waals surface area contributed by atoms with Crippen LogP contribution in [-0.2, 0) is 0 Å². The van der Waals surface area contributed by atoms with Crippen molar-refractivity contribution in [3.63, 3.8) is 0 Å². The van der Waals surface area contributed by atoms with Crippen LogP contribution in [0.2, 0.25) is 0 Å². The van der Waals surface area contributed by atoms with Gasteiger partial charge >= 0.3 is 0 Å². The van der Waals surface area contributed by atoms with Crippen molar-refractivity contribution >= 4 is 0 Å².